The molecule has 0 bridgehead atoms. The first-order valence-electron chi connectivity index (χ1n) is 5.00. The van der Waals surface area contributed by atoms with Crippen LogP contribution < -0.4 is 5.32 Å². The number of rotatable bonds is 4. The average Bonchev–Trinajstić information content (AvgIpc) is 2.88. The van der Waals surface area contributed by atoms with Gasteiger partial charge in [-0.1, -0.05) is 0 Å². The SMILES string of the molecule is O=C(NCCn1cccc1)c1cc(Br)sc1Br. The molecule has 1 N–H and O–H groups in total. The van der Waals surface area contributed by atoms with E-state index in [2.05, 4.69) is 37.2 Å². The summed E-state index contributed by atoms with van der Waals surface area (Å²) in [6.45, 7) is 1.40. The largest absolute Gasteiger partial charge is 0.353 e. The number of thiophene rings is 1. The van der Waals surface area contributed by atoms with Gasteiger partial charge in [0.15, 0.2) is 0 Å². The zero-order valence-electron chi connectivity index (χ0n) is 8.82. The van der Waals surface area contributed by atoms with Crippen LogP contribution in [0.15, 0.2) is 38.2 Å². The number of halogens is 2. The topological polar surface area (TPSA) is 34.0 Å². The molecule has 17 heavy (non-hydrogen) atoms. The Morgan fingerprint density at radius 1 is 1.35 bits per heavy atom. The molecule has 2 aromatic heterocycles. The van der Waals surface area contributed by atoms with Gasteiger partial charge in [-0.15, -0.1) is 11.3 Å². The van der Waals surface area contributed by atoms with Crippen LogP contribution in [0, 0.1) is 0 Å². The van der Waals surface area contributed by atoms with Crippen LogP contribution in [0.25, 0.3) is 0 Å². The van der Waals surface area contributed by atoms with Crippen LogP contribution in [0.2, 0.25) is 0 Å². The molecule has 0 atom stereocenters. The van der Waals surface area contributed by atoms with Gasteiger partial charge < -0.3 is 9.88 Å². The second-order valence-corrected chi connectivity index (χ2v) is 7.16. The van der Waals surface area contributed by atoms with Gasteiger partial charge in [0.05, 0.1) is 13.1 Å². The predicted molar refractivity (Wildman–Crippen MR) is 76.5 cm³/mol. The first-order chi connectivity index (χ1) is 8.16. The Balaban J connectivity index is 1.87. The third kappa shape index (κ3) is 3.43. The first-order valence-corrected chi connectivity index (χ1v) is 7.41. The highest BCUT2D eigenvalue weighted by molar-refractivity contribution is 9.12. The maximum atomic E-state index is 11.8. The number of nitrogens with one attached hydrogen (secondary N) is 1. The molecule has 1 amide bonds. The highest BCUT2D eigenvalue weighted by Gasteiger charge is 2.12. The van der Waals surface area contributed by atoms with Gasteiger partial charge in [-0.2, -0.15) is 0 Å². The van der Waals surface area contributed by atoms with Crippen molar-refractivity contribution in [1.82, 2.24) is 9.88 Å². The van der Waals surface area contributed by atoms with E-state index >= 15 is 0 Å². The third-order valence-corrected chi connectivity index (χ3v) is 4.56. The van der Waals surface area contributed by atoms with Gasteiger partial charge in [-0.25, -0.2) is 0 Å². The molecule has 3 nitrogen and oxygen atoms in total. The summed E-state index contributed by atoms with van der Waals surface area (Å²) in [4.78, 5) is 11.8. The highest BCUT2D eigenvalue weighted by Crippen LogP contribution is 2.31. The van der Waals surface area contributed by atoms with Gasteiger partial charge in [-0.3, -0.25) is 4.79 Å². The lowest BCUT2D eigenvalue weighted by Gasteiger charge is -2.05. The molecule has 90 valence electrons. The molecule has 0 aliphatic rings. The zero-order valence-corrected chi connectivity index (χ0v) is 12.8. The van der Waals surface area contributed by atoms with E-state index in [9.17, 15) is 4.79 Å². The predicted octanol–water partition coefficient (Wildman–Crippen LogP) is 3.50. The zero-order chi connectivity index (χ0) is 12.3. The number of amides is 1. The van der Waals surface area contributed by atoms with Crippen LogP contribution in [0.4, 0.5) is 0 Å². The molecule has 0 fully saturated rings. The van der Waals surface area contributed by atoms with E-state index in [0.29, 0.717) is 12.1 Å². The molecular weight excluding hydrogens is 368 g/mol. The Labute approximate surface area is 120 Å². The molecule has 2 aromatic rings. The van der Waals surface area contributed by atoms with Gasteiger partial charge in [0.25, 0.3) is 5.91 Å². The van der Waals surface area contributed by atoms with Crippen LogP contribution in [-0.2, 0) is 6.54 Å². The second kappa shape index (κ2) is 5.84. The van der Waals surface area contributed by atoms with Crippen LogP contribution in [0.5, 0.6) is 0 Å². The van der Waals surface area contributed by atoms with Crippen molar-refractivity contribution in [2.24, 2.45) is 0 Å². The maximum Gasteiger partial charge on any atom is 0.253 e. The maximum absolute atomic E-state index is 11.8. The monoisotopic (exact) mass is 376 g/mol. The lowest BCUT2D eigenvalue weighted by Crippen LogP contribution is -2.26. The fourth-order valence-corrected chi connectivity index (χ4v) is 4.20. The summed E-state index contributed by atoms with van der Waals surface area (Å²) < 4.78 is 3.82. The molecule has 0 saturated heterocycles. The van der Waals surface area contributed by atoms with E-state index in [4.69, 9.17) is 0 Å². The summed E-state index contributed by atoms with van der Waals surface area (Å²) in [5, 5.41) is 2.89. The normalized spacial score (nSPS) is 10.5. The summed E-state index contributed by atoms with van der Waals surface area (Å²) in [5.74, 6) is -0.0500. The van der Waals surface area contributed by atoms with Crippen molar-refractivity contribution >= 4 is 49.1 Å². The van der Waals surface area contributed by atoms with E-state index in [1.165, 1.54) is 11.3 Å². The molecule has 0 aliphatic heterocycles. The van der Waals surface area contributed by atoms with E-state index in [-0.39, 0.29) is 5.91 Å². The Morgan fingerprint density at radius 3 is 2.65 bits per heavy atom. The number of nitrogens with zero attached hydrogens (tertiary/aromatic N) is 1. The van der Waals surface area contributed by atoms with Crippen molar-refractivity contribution in [2.75, 3.05) is 6.54 Å². The summed E-state index contributed by atoms with van der Waals surface area (Å²) in [7, 11) is 0. The minimum absolute atomic E-state index is 0.0500. The quantitative estimate of drug-likeness (QED) is 0.869. The molecule has 2 rings (SSSR count). The fourth-order valence-electron chi connectivity index (χ4n) is 1.41. The molecule has 0 aromatic carbocycles. The summed E-state index contributed by atoms with van der Waals surface area (Å²) >= 11 is 8.22. The Hall–Kier alpha value is -0.590. The minimum atomic E-state index is -0.0500. The lowest BCUT2D eigenvalue weighted by atomic mass is 10.3. The summed E-state index contributed by atoms with van der Waals surface area (Å²) in [6.07, 6.45) is 3.95. The highest BCUT2D eigenvalue weighted by atomic mass is 79.9. The van der Waals surface area contributed by atoms with E-state index in [1.54, 1.807) is 0 Å². The number of hydrogen-bond acceptors (Lipinski definition) is 2. The molecular formula is C11H10Br2N2OS. The first kappa shape index (κ1) is 12.9. The van der Waals surface area contributed by atoms with Crippen molar-refractivity contribution in [2.45, 2.75) is 6.54 Å². The number of carbonyl (C=O) groups excluding carboxylic acids is 1. The van der Waals surface area contributed by atoms with Crippen molar-refractivity contribution in [3.05, 3.63) is 43.7 Å². The van der Waals surface area contributed by atoms with Gasteiger partial charge in [0, 0.05) is 25.5 Å². The molecule has 0 saturated carbocycles. The summed E-state index contributed by atoms with van der Waals surface area (Å²) in [6, 6.07) is 5.75. The van der Waals surface area contributed by atoms with Crippen molar-refractivity contribution in [1.29, 1.82) is 0 Å². The fraction of sp³-hybridized carbons (Fsp3) is 0.182. The lowest BCUT2D eigenvalue weighted by molar-refractivity contribution is 0.0952. The number of hydrogen-bond donors (Lipinski definition) is 1. The standard InChI is InChI=1S/C11H10Br2N2OS/c12-9-7-8(10(13)17-9)11(16)14-3-6-15-4-1-2-5-15/h1-2,4-5,7H,3,6H2,(H,14,16). The summed E-state index contributed by atoms with van der Waals surface area (Å²) in [5.41, 5.74) is 0.675. The van der Waals surface area contributed by atoms with Gasteiger partial charge >= 0.3 is 0 Å². The van der Waals surface area contributed by atoms with Crippen LogP contribution in [0.1, 0.15) is 10.4 Å². The molecule has 0 radical (unpaired) electrons. The molecule has 0 aliphatic carbocycles. The van der Waals surface area contributed by atoms with E-state index in [1.807, 2.05) is 35.2 Å². The molecule has 0 unspecified atom stereocenters. The van der Waals surface area contributed by atoms with Crippen LogP contribution in [0.3, 0.4) is 0 Å². The Morgan fingerprint density at radius 2 is 2.06 bits per heavy atom. The van der Waals surface area contributed by atoms with Crippen molar-refractivity contribution in [3.63, 3.8) is 0 Å². The average molecular weight is 378 g/mol. The Bertz CT molecular complexity index is 508. The van der Waals surface area contributed by atoms with Gasteiger partial charge in [0.1, 0.15) is 0 Å². The smallest absolute Gasteiger partial charge is 0.253 e. The Kier molecular flexibility index (Phi) is 4.42. The molecule has 2 heterocycles. The molecule has 0 spiro atoms. The van der Waals surface area contributed by atoms with E-state index < -0.39 is 0 Å². The number of carbonyl (C=O) groups is 1. The third-order valence-electron chi connectivity index (χ3n) is 2.22. The van der Waals surface area contributed by atoms with Crippen molar-refractivity contribution < 1.29 is 4.79 Å². The molecule has 6 heteroatoms. The minimum Gasteiger partial charge on any atom is -0.353 e. The van der Waals surface area contributed by atoms with Gasteiger partial charge in [0.2, 0.25) is 0 Å². The van der Waals surface area contributed by atoms with Crippen molar-refractivity contribution in [3.8, 4) is 0 Å². The van der Waals surface area contributed by atoms with E-state index in [0.717, 1.165) is 14.1 Å². The van der Waals surface area contributed by atoms with Crippen LogP contribution in [-0.4, -0.2) is 17.0 Å². The number of aromatic nitrogens is 1. The van der Waals surface area contributed by atoms with Crippen LogP contribution >= 0.6 is 43.2 Å². The van der Waals surface area contributed by atoms with Gasteiger partial charge in [-0.05, 0) is 50.1 Å². The second-order valence-electron chi connectivity index (χ2n) is 3.41.